The average Bonchev–Trinajstić information content (AvgIpc) is 3.08. The number of carboxylic acid groups (broad SMARTS) is 1. The summed E-state index contributed by atoms with van der Waals surface area (Å²) < 4.78 is 6.00. The molecule has 1 spiro atoms. The average molecular weight is 449 g/mol. The van der Waals surface area contributed by atoms with E-state index < -0.39 is 23.6 Å². The summed E-state index contributed by atoms with van der Waals surface area (Å²) in [6.07, 6.45) is 1.06. The highest BCUT2D eigenvalue weighted by Gasteiger charge is 2.54. The van der Waals surface area contributed by atoms with Crippen LogP contribution >= 0.6 is 23.2 Å². The SMILES string of the molecule is O=C(O)C1COC2(CCN(Cc3ccccc3)CC2)N1C(=O)c1cc(Cl)cc(Cl)c1. The highest BCUT2D eigenvalue weighted by atomic mass is 35.5. The van der Waals surface area contributed by atoms with Crippen LogP contribution in [-0.2, 0) is 16.1 Å². The number of amides is 1. The highest BCUT2D eigenvalue weighted by Crippen LogP contribution is 2.39. The molecule has 1 atom stereocenters. The van der Waals surface area contributed by atoms with E-state index >= 15 is 0 Å². The van der Waals surface area contributed by atoms with Crippen molar-refractivity contribution in [3.63, 3.8) is 0 Å². The standard InChI is InChI=1S/C22H22Cl2N2O4/c23-17-10-16(11-18(24)12-17)20(27)26-19(21(28)29)14-30-22(26)6-8-25(9-7-22)13-15-4-2-1-3-5-15/h1-5,10-12,19H,6-9,13-14H2,(H,28,29). The second-order valence-electron chi connectivity index (χ2n) is 7.71. The fraction of sp³-hybridized carbons (Fsp3) is 0.364. The van der Waals surface area contributed by atoms with Crippen LogP contribution in [0.2, 0.25) is 10.0 Å². The van der Waals surface area contributed by atoms with Crippen molar-refractivity contribution >= 4 is 35.1 Å². The Hall–Kier alpha value is -2.12. The zero-order valence-corrected chi connectivity index (χ0v) is 17.8. The molecule has 30 heavy (non-hydrogen) atoms. The Morgan fingerprint density at radius 3 is 2.30 bits per heavy atom. The zero-order valence-electron chi connectivity index (χ0n) is 16.3. The van der Waals surface area contributed by atoms with E-state index in [-0.39, 0.29) is 12.2 Å². The molecule has 8 heteroatoms. The number of benzene rings is 2. The van der Waals surface area contributed by atoms with Crippen LogP contribution in [0.5, 0.6) is 0 Å². The number of ether oxygens (including phenoxy) is 1. The quantitative estimate of drug-likeness (QED) is 0.767. The van der Waals surface area contributed by atoms with E-state index in [1.807, 2.05) is 18.2 Å². The van der Waals surface area contributed by atoms with Gasteiger partial charge in [0.05, 0.1) is 6.61 Å². The van der Waals surface area contributed by atoms with Gasteiger partial charge in [-0.15, -0.1) is 0 Å². The summed E-state index contributed by atoms with van der Waals surface area (Å²) in [5.41, 5.74) is 0.531. The summed E-state index contributed by atoms with van der Waals surface area (Å²) in [4.78, 5) is 28.9. The van der Waals surface area contributed by atoms with Crippen LogP contribution in [0, 0.1) is 0 Å². The maximum absolute atomic E-state index is 13.4. The molecule has 1 N–H and O–H groups in total. The van der Waals surface area contributed by atoms with Crippen LogP contribution in [0.25, 0.3) is 0 Å². The van der Waals surface area contributed by atoms with Crippen molar-refractivity contribution in [3.8, 4) is 0 Å². The Morgan fingerprint density at radius 1 is 1.07 bits per heavy atom. The Labute approximate surface area is 184 Å². The van der Waals surface area contributed by atoms with Gasteiger partial charge in [-0.2, -0.15) is 0 Å². The summed E-state index contributed by atoms with van der Waals surface area (Å²) in [5.74, 6) is -1.51. The van der Waals surface area contributed by atoms with Crippen LogP contribution in [0.1, 0.15) is 28.8 Å². The molecule has 2 aromatic carbocycles. The molecule has 0 radical (unpaired) electrons. The molecule has 2 heterocycles. The van der Waals surface area contributed by atoms with Gasteiger partial charge in [-0.05, 0) is 23.8 Å². The fourth-order valence-corrected chi connectivity index (χ4v) is 4.80. The van der Waals surface area contributed by atoms with Crippen LogP contribution in [0.15, 0.2) is 48.5 Å². The first-order chi connectivity index (χ1) is 14.4. The molecule has 4 rings (SSSR count). The number of piperidine rings is 1. The summed E-state index contributed by atoms with van der Waals surface area (Å²) in [5, 5.41) is 10.4. The lowest BCUT2D eigenvalue weighted by Gasteiger charge is -2.44. The first kappa shape index (κ1) is 21.1. The lowest BCUT2D eigenvalue weighted by molar-refractivity contribution is -0.144. The van der Waals surface area contributed by atoms with Crippen molar-refractivity contribution in [2.75, 3.05) is 19.7 Å². The van der Waals surface area contributed by atoms with Gasteiger partial charge in [-0.1, -0.05) is 53.5 Å². The lowest BCUT2D eigenvalue weighted by atomic mass is 9.96. The zero-order chi connectivity index (χ0) is 21.3. The van der Waals surface area contributed by atoms with Crippen molar-refractivity contribution in [3.05, 3.63) is 69.7 Å². The summed E-state index contributed by atoms with van der Waals surface area (Å²) in [6.45, 7) is 2.16. The van der Waals surface area contributed by atoms with Crippen molar-refractivity contribution < 1.29 is 19.4 Å². The number of hydrogen-bond acceptors (Lipinski definition) is 4. The predicted octanol–water partition coefficient (Wildman–Crippen LogP) is 3.91. The minimum atomic E-state index is -1.08. The van der Waals surface area contributed by atoms with Crippen molar-refractivity contribution in [1.82, 2.24) is 9.80 Å². The largest absolute Gasteiger partial charge is 0.480 e. The van der Waals surface area contributed by atoms with E-state index in [2.05, 4.69) is 17.0 Å². The second kappa shape index (κ2) is 8.55. The van der Waals surface area contributed by atoms with E-state index in [0.29, 0.717) is 36.0 Å². The molecule has 2 aliphatic heterocycles. The minimum absolute atomic E-state index is 0.0337. The van der Waals surface area contributed by atoms with E-state index in [0.717, 1.165) is 6.54 Å². The molecule has 0 bridgehead atoms. The van der Waals surface area contributed by atoms with Gasteiger partial charge in [0.2, 0.25) is 0 Å². The third-order valence-corrected chi connectivity index (χ3v) is 6.20. The minimum Gasteiger partial charge on any atom is -0.480 e. The van der Waals surface area contributed by atoms with Gasteiger partial charge in [0.25, 0.3) is 5.91 Å². The number of halogens is 2. The molecule has 2 aliphatic rings. The van der Waals surface area contributed by atoms with Crippen LogP contribution in [-0.4, -0.2) is 58.2 Å². The number of hydrogen-bond donors (Lipinski definition) is 1. The molecule has 158 valence electrons. The summed E-state index contributed by atoms with van der Waals surface area (Å²) in [6, 6.07) is 13.7. The van der Waals surface area contributed by atoms with Crippen molar-refractivity contribution in [1.29, 1.82) is 0 Å². The normalized spacial score (nSPS) is 21.1. The summed E-state index contributed by atoms with van der Waals surface area (Å²) in [7, 11) is 0. The fourth-order valence-electron chi connectivity index (χ4n) is 4.27. The number of aliphatic carboxylic acids is 1. The van der Waals surface area contributed by atoms with Crippen LogP contribution < -0.4 is 0 Å². The first-order valence-electron chi connectivity index (χ1n) is 9.81. The van der Waals surface area contributed by atoms with Crippen molar-refractivity contribution in [2.45, 2.75) is 31.2 Å². The van der Waals surface area contributed by atoms with E-state index in [1.54, 1.807) is 0 Å². The van der Waals surface area contributed by atoms with Crippen LogP contribution in [0.4, 0.5) is 0 Å². The predicted molar refractivity (Wildman–Crippen MR) is 114 cm³/mol. The molecule has 0 aromatic heterocycles. The van der Waals surface area contributed by atoms with Gasteiger partial charge in [0.1, 0.15) is 5.72 Å². The van der Waals surface area contributed by atoms with Gasteiger partial charge < -0.3 is 9.84 Å². The Balaban J connectivity index is 1.56. The van der Waals surface area contributed by atoms with Gasteiger partial charge in [0.15, 0.2) is 6.04 Å². The molecule has 1 unspecified atom stereocenters. The van der Waals surface area contributed by atoms with E-state index in [4.69, 9.17) is 27.9 Å². The highest BCUT2D eigenvalue weighted by molar-refractivity contribution is 6.35. The Bertz CT molecular complexity index is 925. The third kappa shape index (κ3) is 4.18. The topological polar surface area (TPSA) is 70.1 Å². The number of rotatable bonds is 4. The number of carbonyl (C=O) groups is 2. The number of likely N-dealkylation sites (tertiary alicyclic amines) is 1. The molecule has 2 saturated heterocycles. The molecule has 0 aliphatic carbocycles. The van der Waals surface area contributed by atoms with Gasteiger partial charge in [-0.25, -0.2) is 4.79 Å². The maximum atomic E-state index is 13.4. The number of carboxylic acids is 1. The molecule has 6 nitrogen and oxygen atoms in total. The second-order valence-corrected chi connectivity index (χ2v) is 8.58. The number of carbonyl (C=O) groups excluding carboxylic acids is 1. The third-order valence-electron chi connectivity index (χ3n) is 5.76. The van der Waals surface area contributed by atoms with Gasteiger partial charge >= 0.3 is 5.97 Å². The molecule has 2 aromatic rings. The lowest BCUT2D eigenvalue weighted by Crippen LogP contribution is -2.58. The van der Waals surface area contributed by atoms with Crippen LogP contribution in [0.3, 0.4) is 0 Å². The Morgan fingerprint density at radius 2 is 1.70 bits per heavy atom. The maximum Gasteiger partial charge on any atom is 0.328 e. The van der Waals surface area contributed by atoms with E-state index in [9.17, 15) is 14.7 Å². The molecule has 0 saturated carbocycles. The molecule has 2 fully saturated rings. The van der Waals surface area contributed by atoms with Gasteiger partial charge in [-0.3, -0.25) is 14.6 Å². The molecular weight excluding hydrogens is 427 g/mol. The van der Waals surface area contributed by atoms with E-state index in [1.165, 1.54) is 28.7 Å². The smallest absolute Gasteiger partial charge is 0.328 e. The summed E-state index contributed by atoms with van der Waals surface area (Å²) >= 11 is 12.1. The monoisotopic (exact) mass is 448 g/mol. The van der Waals surface area contributed by atoms with Gasteiger partial charge in [0, 0.05) is 48.1 Å². The molecular formula is C22H22Cl2N2O4. The molecule has 1 amide bonds. The number of nitrogens with zero attached hydrogens (tertiary/aromatic N) is 2. The first-order valence-corrected chi connectivity index (χ1v) is 10.6. The Kier molecular flexibility index (Phi) is 6.02. The van der Waals surface area contributed by atoms with Crippen molar-refractivity contribution in [2.24, 2.45) is 0 Å².